The van der Waals surface area contributed by atoms with Gasteiger partial charge < -0.3 is 4.90 Å². The van der Waals surface area contributed by atoms with Crippen molar-refractivity contribution in [2.24, 2.45) is 0 Å². The summed E-state index contributed by atoms with van der Waals surface area (Å²) in [5.41, 5.74) is -11.3. The van der Waals surface area contributed by atoms with Crippen molar-refractivity contribution in [3.05, 3.63) is 146 Å². The number of nitrogens with one attached hydrogen (secondary N) is 1. The molecule has 0 spiro atoms. The number of quaternary nitrogens is 1. The van der Waals surface area contributed by atoms with Crippen LogP contribution in [0.15, 0.2) is 24.3 Å². The van der Waals surface area contributed by atoms with E-state index in [0.29, 0.717) is 0 Å². The highest BCUT2D eigenvalue weighted by Gasteiger charge is 2.52. The van der Waals surface area contributed by atoms with Crippen molar-refractivity contribution in [2.75, 3.05) is 13.6 Å². The number of halogens is 20. The van der Waals surface area contributed by atoms with Crippen LogP contribution in [0, 0.1) is 116 Å². The molecule has 0 aliphatic heterocycles. The van der Waals surface area contributed by atoms with Gasteiger partial charge >= 0.3 is 0 Å². The first-order chi connectivity index (χ1) is 42.0. The van der Waals surface area contributed by atoms with Crippen molar-refractivity contribution in [1.82, 2.24) is 0 Å². The zero-order valence-electron chi connectivity index (χ0n) is 50.3. The minimum atomic E-state index is -7.22. The predicted molar refractivity (Wildman–Crippen MR) is 305 cm³/mol. The molecule has 0 aliphatic rings. The highest BCUT2D eigenvalue weighted by Crippen LogP contribution is 2.31. The van der Waals surface area contributed by atoms with Crippen molar-refractivity contribution in [1.29, 1.82) is 0 Å². The Hall–Kier alpha value is -5.28. The molecule has 0 aliphatic carbocycles. The smallest absolute Gasteiger partial charge is 0.200 e. The molecule has 5 rings (SSSR count). The second kappa shape index (κ2) is 37.8. The van der Waals surface area contributed by atoms with E-state index >= 15 is 35.1 Å². The second-order valence-electron chi connectivity index (χ2n) is 23.0. The summed E-state index contributed by atoms with van der Waals surface area (Å²) in [7, 11) is 2.35. The van der Waals surface area contributed by atoms with Gasteiger partial charge in [0.05, 0.1) is 13.6 Å². The molecular formula is C66H80BF20N. The monoisotopic (exact) mass is 1280 g/mol. The molecule has 0 saturated carbocycles. The van der Waals surface area contributed by atoms with Gasteiger partial charge in [0.15, 0.2) is 69.8 Å². The van der Waals surface area contributed by atoms with E-state index in [2.05, 4.69) is 45.2 Å². The highest BCUT2D eigenvalue weighted by molar-refractivity contribution is 7.20. The largest absolute Gasteiger partial charge is 0.305 e. The first-order valence-corrected chi connectivity index (χ1v) is 31.1. The summed E-state index contributed by atoms with van der Waals surface area (Å²) >= 11 is 0. The third-order valence-corrected chi connectivity index (χ3v) is 16.6. The van der Waals surface area contributed by atoms with Crippen molar-refractivity contribution in [2.45, 2.75) is 219 Å². The van der Waals surface area contributed by atoms with E-state index < -0.39 is 144 Å². The number of benzene rings is 5. The van der Waals surface area contributed by atoms with Crippen LogP contribution in [-0.2, 0) is 6.42 Å². The quantitative estimate of drug-likeness (QED) is 0.0132. The van der Waals surface area contributed by atoms with Gasteiger partial charge in [-0.25, -0.2) is 87.8 Å². The lowest BCUT2D eigenvalue weighted by atomic mass is 9.12. The van der Waals surface area contributed by atoms with Gasteiger partial charge in [-0.15, -0.1) is 21.9 Å². The van der Waals surface area contributed by atoms with Crippen molar-refractivity contribution in [3.63, 3.8) is 0 Å². The highest BCUT2D eigenvalue weighted by atomic mass is 19.2. The van der Waals surface area contributed by atoms with Gasteiger partial charge in [-0.3, -0.25) is 0 Å². The lowest BCUT2D eigenvalue weighted by Crippen LogP contribution is -3.03. The van der Waals surface area contributed by atoms with E-state index in [1.54, 1.807) is 4.90 Å². The minimum absolute atomic E-state index is 1.26. The van der Waals surface area contributed by atoms with Crippen LogP contribution < -0.4 is 26.8 Å². The van der Waals surface area contributed by atoms with E-state index in [1.807, 2.05) is 0 Å². The van der Waals surface area contributed by atoms with Crippen molar-refractivity contribution < 1.29 is 92.7 Å². The van der Waals surface area contributed by atoms with E-state index in [9.17, 15) is 52.7 Å². The van der Waals surface area contributed by atoms with Crippen LogP contribution in [0.2, 0.25) is 0 Å². The minimum Gasteiger partial charge on any atom is -0.305 e. The van der Waals surface area contributed by atoms with Gasteiger partial charge in [0.2, 0.25) is 0 Å². The van der Waals surface area contributed by atoms with Crippen molar-refractivity contribution >= 4 is 33.7 Å². The Labute approximate surface area is 504 Å². The predicted octanol–water partition coefficient (Wildman–Crippen LogP) is 19.4. The van der Waals surface area contributed by atoms with E-state index in [1.165, 1.54) is 223 Å². The van der Waals surface area contributed by atoms with Gasteiger partial charge in [-0.05, 0) is 43.4 Å². The molecule has 0 radical (unpaired) electrons. The molecule has 1 N–H and O–H groups in total. The average Bonchev–Trinajstić information content (AvgIpc) is 0.698. The Morgan fingerprint density at radius 3 is 0.636 bits per heavy atom. The van der Waals surface area contributed by atoms with E-state index in [-0.39, 0.29) is 0 Å². The van der Waals surface area contributed by atoms with Gasteiger partial charge in [-0.1, -0.05) is 206 Å². The molecule has 88 heavy (non-hydrogen) atoms. The number of hydrogen-bond acceptors (Lipinski definition) is 0. The maximum Gasteiger partial charge on any atom is 0.200 e. The molecule has 0 amide bonds. The third kappa shape index (κ3) is 19.1. The molecule has 0 fully saturated rings. The summed E-state index contributed by atoms with van der Waals surface area (Å²) in [5.74, 6) is -71.4. The fourth-order valence-corrected chi connectivity index (χ4v) is 11.6. The lowest BCUT2D eigenvalue weighted by Gasteiger charge is -2.44. The van der Waals surface area contributed by atoms with Gasteiger partial charge in [0.25, 0.3) is 0 Å². The molecule has 5 aromatic carbocycles. The average molecular weight is 1280 g/mol. The Bertz CT molecular complexity index is 2590. The van der Waals surface area contributed by atoms with Crippen LogP contribution in [0.25, 0.3) is 0 Å². The Morgan fingerprint density at radius 1 is 0.239 bits per heavy atom. The van der Waals surface area contributed by atoms with E-state index in [4.69, 9.17) is 0 Å². The Kier molecular flexibility index (Phi) is 32.3. The molecule has 0 aromatic heterocycles. The van der Waals surface area contributed by atoms with Crippen molar-refractivity contribution in [3.8, 4) is 0 Å². The first-order valence-electron chi connectivity index (χ1n) is 31.1. The molecule has 1 atom stereocenters. The van der Waals surface area contributed by atoms with Crippen LogP contribution in [0.4, 0.5) is 93.5 Å². The number of unbranched alkanes of at least 4 members (excludes halogenated alkanes) is 29. The Balaban J connectivity index is 0.000000377. The molecular weight excluding hydrogens is 1200 g/mol. The van der Waals surface area contributed by atoms with Gasteiger partial charge in [0.1, 0.15) is 58.4 Å². The first kappa shape index (κ1) is 75.2. The van der Waals surface area contributed by atoms with E-state index in [0.717, 1.165) is 0 Å². The maximum atomic E-state index is 15.4. The summed E-state index contributed by atoms with van der Waals surface area (Å²) in [6, 6.07) is 9.58. The molecule has 492 valence electrons. The second-order valence-corrected chi connectivity index (χ2v) is 23.0. The molecule has 1 nitrogen and oxygen atoms in total. The summed E-state index contributed by atoms with van der Waals surface area (Å²) in [5, 5.41) is 0. The molecule has 1 unspecified atom stereocenters. The summed E-state index contributed by atoms with van der Waals surface area (Å²) in [6.45, 7) is 5.89. The van der Waals surface area contributed by atoms with Gasteiger partial charge in [-0.2, -0.15) is 0 Å². The summed E-state index contributed by atoms with van der Waals surface area (Å²) < 4.78 is 294. The lowest BCUT2D eigenvalue weighted by molar-refractivity contribution is -0.810. The van der Waals surface area contributed by atoms with Crippen LogP contribution in [0.5, 0.6) is 0 Å². The third-order valence-electron chi connectivity index (χ3n) is 16.6. The molecule has 0 saturated heterocycles. The fraction of sp³-hybridized carbons (Fsp3) is 0.545. The van der Waals surface area contributed by atoms with Crippen LogP contribution >= 0.6 is 0 Å². The van der Waals surface area contributed by atoms with Crippen LogP contribution in [0.3, 0.4) is 0 Å². The topological polar surface area (TPSA) is 4.44 Å². The summed E-state index contributed by atoms with van der Waals surface area (Å²) in [6.07, 6.45) is 38.9. The normalized spacial score (nSPS) is 12.1. The zero-order valence-corrected chi connectivity index (χ0v) is 50.3. The zero-order chi connectivity index (χ0) is 65.3. The Morgan fingerprint density at radius 2 is 0.420 bits per heavy atom. The van der Waals surface area contributed by atoms with Crippen LogP contribution in [-0.4, -0.2) is 19.7 Å². The molecule has 5 aromatic rings. The van der Waals surface area contributed by atoms with Crippen LogP contribution in [0.1, 0.15) is 218 Å². The number of rotatable bonds is 38. The maximum absolute atomic E-state index is 15.4. The number of hydrogen-bond donors (Lipinski definition) is 1. The SMILES string of the molecule is CCCCCCCCCCCCCCCCCCCc1ccc([NH+](C)CCCCCCCCCCCCCCCC)cc1.Fc1c(F)c(F)c([B-](c2c(F)c(F)c(F)c(F)c2F)(c2c(F)c(F)c(F)c(F)c2F)c2c(F)c(F)c(F)c(F)c2F)c(F)c1F. The van der Waals surface area contributed by atoms with Gasteiger partial charge in [0, 0.05) is 0 Å². The number of aryl methyl sites for hydroxylation is 1. The standard InChI is InChI=1S/C42H79N.C24BF20/c1-4-6-8-10-12-14-16-18-20-21-22-23-25-27-29-31-33-35-41-36-38-42(39-37-41)43(3)40-34-32-30-28-26-24-19-17-15-13-11-9-7-5-2;26-5-1(6(27)14(35)21(42)13(5)34)25(2-7(28)15(36)22(43)16(37)8(2)29,3-9(30)17(38)23(44)18(39)10(3)31)4-11(32)19(40)24(45)20(41)12(4)33/h36-39H,4-35,40H2,1-3H3;/q;-1/p+1. The molecule has 22 heteroatoms. The summed E-state index contributed by atoms with van der Waals surface area (Å²) in [4.78, 5) is 1.59. The molecule has 0 bridgehead atoms. The fourth-order valence-electron chi connectivity index (χ4n) is 11.6. The molecule has 0 heterocycles.